The van der Waals surface area contributed by atoms with E-state index in [1.54, 1.807) is 0 Å². The van der Waals surface area contributed by atoms with E-state index in [0.29, 0.717) is 0 Å². The average molecular weight is 243 g/mol. The van der Waals surface area contributed by atoms with Gasteiger partial charge in [0.05, 0.1) is 0 Å². The first-order valence-electron chi connectivity index (χ1n) is 6.45. The number of nitrogens with zero attached hydrogens (tertiary/aromatic N) is 3. The molecule has 1 aromatic rings. The first kappa shape index (κ1) is 12.8. The lowest BCUT2D eigenvalue weighted by Gasteiger charge is -2.30. The highest BCUT2D eigenvalue weighted by atomic mass is 15.5. The van der Waals surface area contributed by atoms with Crippen LogP contribution in [0.15, 0.2) is 41.0 Å². The molecule has 0 unspecified atom stereocenters. The fraction of sp³-hybridized carbons (Fsp3) is 0.400. The molecule has 0 radical (unpaired) electrons. The highest BCUT2D eigenvalue weighted by Gasteiger charge is 2.10. The van der Waals surface area contributed by atoms with Gasteiger partial charge < -0.3 is 4.90 Å². The van der Waals surface area contributed by atoms with E-state index in [2.05, 4.69) is 59.3 Å². The molecule has 96 valence electrons. The largest absolute Gasteiger partial charge is 0.303 e. The normalized spacial score (nSPS) is 18.6. The maximum Gasteiger partial charge on any atom is 0.0499 e. The lowest BCUT2D eigenvalue weighted by Crippen LogP contribution is -2.41. The van der Waals surface area contributed by atoms with Gasteiger partial charge in [0, 0.05) is 32.4 Å². The van der Waals surface area contributed by atoms with Crippen LogP contribution in [0.3, 0.4) is 0 Å². The van der Waals surface area contributed by atoms with E-state index in [1.165, 1.54) is 11.1 Å². The van der Waals surface area contributed by atoms with Crippen LogP contribution in [0.5, 0.6) is 0 Å². The Morgan fingerprint density at radius 2 is 1.78 bits per heavy atom. The Labute approximate surface area is 109 Å². The topological polar surface area (TPSA) is 18.8 Å². The molecule has 1 saturated heterocycles. The predicted molar refractivity (Wildman–Crippen MR) is 77.7 cm³/mol. The Bertz CT molecular complexity index is 415. The summed E-state index contributed by atoms with van der Waals surface area (Å²) in [6.07, 6.45) is 4.11. The number of benzene rings is 1. The van der Waals surface area contributed by atoms with Crippen molar-refractivity contribution in [2.24, 2.45) is 5.10 Å². The zero-order chi connectivity index (χ0) is 12.8. The molecule has 2 rings (SSSR count). The van der Waals surface area contributed by atoms with Crippen LogP contribution in [0.4, 0.5) is 0 Å². The van der Waals surface area contributed by atoms with E-state index >= 15 is 0 Å². The minimum Gasteiger partial charge on any atom is -0.303 e. The monoisotopic (exact) mass is 243 g/mol. The third kappa shape index (κ3) is 4.00. The zero-order valence-electron chi connectivity index (χ0n) is 11.2. The van der Waals surface area contributed by atoms with Crippen LogP contribution in [-0.4, -0.2) is 49.4 Å². The van der Waals surface area contributed by atoms with Gasteiger partial charge in [-0.15, -0.1) is 0 Å². The molecule has 1 heterocycles. The van der Waals surface area contributed by atoms with Gasteiger partial charge in [-0.1, -0.05) is 36.4 Å². The van der Waals surface area contributed by atoms with Gasteiger partial charge >= 0.3 is 0 Å². The highest BCUT2D eigenvalue weighted by molar-refractivity contribution is 5.84. The fourth-order valence-electron chi connectivity index (χ4n) is 1.93. The quantitative estimate of drug-likeness (QED) is 0.759. The summed E-state index contributed by atoms with van der Waals surface area (Å²) in [6.45, 7) is 6.32. The summed E-state index contributed by atoms with van der Waals surface area (Å²) in [5.74, 6) is 0. The molecule has 3 nitrogen and oxygen atoms in total. The Morgan fingerprint density at radius 1 is 1.11 bits per heavy atom. The Kier molecular flexibility index (Phi) is 4.53. The second-order valence-corrected chi connectivity index (χ2v) is 4.80. The van der Waals surface area contributed by atoms with Crippen LogP contribution in [0.1, 0.15) is 12.5 Å². The van der Waals surface area contributed by atoms with Crippen molar-refractivity contribution >= 4 is 12.3 Å². The van der Waals surface area contributed by atoms with Crippen molar-refractivity contribution in [1.82, 2.24) is 9.91 Å². The molecular formula is C15H21N3. The van der Waals surface area contributed by atoms with Gasteiger partial charge in [0.25, 0.3) is 0 Å². The maximum absolute atomic E-state index is 4.53. The molecule has 0 spiro atoms. The molecule has 0 aliphatic carbocycles. The molecule has 1 fully saturated rings. The summed E-state index contributed by atoms with van der Waals surface area (Å²) in [6, 6.07) is 10.3. The third-order valence-corrected chi connectivity index (χ3v) is 3.10. The van der Waals surface area contributed by atoms with E-state index in [0.717, 1.165) is 26.2 Å². The van der Waals surface area contributed by atoms with Crippen LogP contribution < -0.4 is 0 Å². The first-order valence-corrected chi connectivity index (χ1v) is 6.45. The van der Waals surface area contributed by atoms with Crippen LogP contribution >= 0.6 is 0 Å². The second kappa shape index (κ2) is 6.36. The molecular weight excluding hydrogens is 222 g/mol. The van der Waals surface area contributed by atoms with Gasteiger partial charge in [0.2, 0.25) is 0 Å². The summed E-state index contributed by atoms with van der Waals surface area (Å²) < 4.78 is 0. The number of piperazine rings is 1. The molecule has 1 aromatic carbocycles. The maximum atomic E-state index is 4.53. The second-order valence-electron chi connectivity index (χ2n) is 4.80. The number of allylic oxidation sites excluding steroid dienone is 1. The van der Waals surface area contributed by atoms with E-state index in [4.69, 9.17) is 0 Å². The summed E-state index contributed by atoms with van der Waals surface area (Å²) in [5, 5.41) is 6.67. The molecule has 0 saturated carbocycles. The number of likely N-dealkylation sites (N-methyl/N-ethyl adjacent to an activating group) is 1. The van der Waals surface area contributed by atoms with E-state index in [9.17, 15) is 0 Å². The number of hydrazone groups is 1. The Hall–Kier alpha value is -1.61. The molecule has 1 aliphatic rings. The molecule has 18 heavy (non-hydrogen) atoms. The summed E-state index contributed by atoms with van der Waals surface area (Å²) in [4.78, 5) is 2.33. The standard InChI is InChI=1S/C15H21N3/c1-14(12-15-6-4-3-5-7-15)13-16-18-10-8-17(2)9-11-18/h3-7,12-13H,8-11H2,1-2H3. The van der Waals surface area contributed by atoms with Crippen LogP contribution in [0, 0.1) is 0 Å². The van der Waals surface area contributed by atoms with Crippen LogP contribution in [-0.2, 0) is 0 Å². The molecule has 0 bridgehead atoms. The van der Waals surface area contributed by atoms with Crippen molar-refractivity contribution in [3.05, 3.63) is 41.5 Å². The zero-order valence-corrected chi connectivity index (χ0v) is 11.2. The highest BCUT2D eigenvalue weighted by Crippen LogP contribution is 2.05. The predicted octanol–water partition coefficient (Wildman–Crippen LogP) is 2.32. The lowest BCUT2D eigenvalue weighted by atomic mass is 10.1. The summed E-state index contributed by atoms with van der Waals surface area (Å²) in [5.41, 5.74) is 2.40. The van der Waals surface area contributed by atoms with Crippen LogP contribution in [0.2, 0.25) is 0 Å². The van der Waals surface area contributed by atoms with E-state index in [-0.39, 0.29) is 0 Å². The van der Waals surface area contributed by atoms with Gasteiger partial charge in [0.15, 0.2) is 0 Å². The van der Waals surface area contributed by atoms with Gasteiger partial charge in [-0.2, -0.15) is 5.10 Å². The van der Waals surface area contributed by atoms with Crippen molar-refractivity contribution in [3.8, 4) is 0 Å². The molecule has 0 N–H and O–H groups in total. The van der Waals surface area contributed by atoms with Gasteiger partial charge in [0.1, 0.15) is 0 Å². The summed E-state index contributed by atoms with van der Waals surface area (Å²) >= 11 is 0. The van der Waals surface area contributed by atoms with Crippen LogP contribution in [0.25, 0.3) is 6.08 Å². The fourth-order valence-corrected chi connectivity index (χ4v) is 1.93. The Morgan fingerprint density at radius 3 is 2.44 bits per heavy atom. The van der Waals surface area contributed by atoms with E-state index < -0.39 is 0 Å². The van der Waals surface area contributed by atoms with Crippen molar-refractivity contribution in [3.63, 3.8) is 0 Å². The lowest BCUT2D eigenvalue weighted by molar-refractivity contribution is 0.159. The Balaban J connectivity index is 1.91. The first-order chi connectivity index (χ1) is 8.74. The SMILES string of the molecule is CC(C=NN1CCN(C)CC1)=Cc1ccccc1. The van der Waals surface area contributed by atoms with Crippen molar-refractivity contribution in [1.29, 1.82) is 0 Å². The van der Waals surface area contributed by atoms with Crippen molar-refractivity contribution < 1.29 is 0 Å². The van der Waals surface area contributed by atoms with Crippen molar-refractivity contribution in [2.45, 2.75) is 6.92 Å². The number of hydrogen-bond donors (Lipinski definition) is 0. The minimum absolute atomic E-state index is 1.02. The third-order valence-electron chi connectivity index (χ3n) is 3.10. The molecule has 1 aliphatic heterocycles. The van der Waals surface area contributed by atoms with E-state index in [1.807, 2.05) is 12.3 Å². The molecule has 3 heteroatoms. The minimum atomic E-state index is 1.02. The summed E-state index contributed by atoms with van der Waals surface area (Å²) in [7, 11) is 2.15. The number of hydrogen-bond acceptors (Lipinski definition) is 3. The smallest absolute Gasteiger partial charge is 0.0499 e. The van der Waals surface area contributed by atoms with Crippen molar-refractivity contribution in [2.75, 3.05) is 33.2 Å². The average Bonchev–Trinajstić information content (AvgIpc) is 2.39. The molecule has 0 amide bonds. The molecule has 0 aromatic heterocycles. The number of rotatable bonds is 3. The van der Waals surface area contributed by atoms with Gasteiger partial charge in [-0.3, -0.25) is 5.01 Å². The van der Waals surface area contributed by atoms with Gasteiger partial charge in [-0.05, 0) is 25.1 Å². The molecule has 0 atom stereocenters. The van der Waals surface area contributed by atoms with Gasteiger partial charge in [-0.25, -0.2) is 0 Å².